The van der Waals surface area contributed by atoms with E-state index in [-0.39, 0.29) is 38.7 Å². The summed E-state index contributed by atoms with van der Waals surface area (Å²) in [7, 11) is -2.32. The number of hydrogen-bond donors (Lipinski definition) is 3. The second kappa shape index (κ2) is 6.13. The molecule has 1 aromatic carbocycles. The number of hydrogen-bond acceptors (Lipinski definition) is 9. The van der Waals surface area contributed by atoms with Crippen LogP contribution in [-0.2, 0) is 16.9 Å². The van der Waals surface area contributed by atoms with Crippen molar-refractivity contribution in [3.8, 4) is 28.8 Å². The Kier molecular flexibility index (Phi) is 4.19. The van der Waals surface area contributed by atoms with E-state index in [1.54, 1.807) is 0 Å². The van der Waals surface area contributed by atoms with Crippen LogP contribution in [0.3, 0.4) is 0 Å². The van der Waals surface area contributed by atoms with E-state index in [0.717, 1.165) is 10.9 Å². The minimum atomic E-state index is -3.77. The van der Waals surface area contributed by atoms with E-state index in [1.165, 1.54) is 32.3 Å². The SMILES string of the molecule is Cc1c(C(=O)c2cnn(C)c2O)ccc(S(C)(=O)=O)c1-c1noc(O)c1O. The van der Waals surface area contributed by atoms with Gasteiger partial charge in [0.2, 0.25) is 11.6 Å². The Morgan fingerprint density at radius 1 is 1.19 bits per heavy atom. The van der Waals surface area contributed by atoms with Crippen LogP contribution >= 0.6 is 0 Å². The molecular weight excluding hydrogens is 378 g/mol. The summed E-state index contributed by atoms with van der Waals surface area (Å²) in [5.74, 6) is -2.59. The molecule has 3 rings (SSSR count). The maximum Gasteiger partial charge on any atom is 0.352 e. The fourth-order valence-electron chi connectivity index (χ4n) is 2.71. The predicted molar refractivity (Wildman–Crippen MR) is 91.4 cm³/mol. The van der Waals surface area contributed by atoms with Crippen LogP contribution in [0.15, 0.2) is 27.7 Å². The van der Waals surface area contributed by atoms with Gasteiger partial charge in [0.25, 0.3) is 0 Å². The molecule has 0 amide bonds. The summed E-state index contributed by atoms with van der Waals surface area (Å²) in [5.41, 5.74) is -0.271. The summed E-state index contributed by atoms with van der Waals surface area (Å²) < 4.78 is 29.9. The lowest BCUT2D eigenvalue weighted by Crippen LogP contribution is -2.09. The molecule has 0 saturated heterocycles. The quantitative estimate of drug-likeness (QED) is 0.553. The molecule has 0 radical (unpaired) electrons. The lowest BCUT2D eigenvalue weighted by Gasteiger charge is -2.13. The summed E-state index contributed by atoms with van der Waals surface area (Å²) in [5, 5.41) is 36.7. The maximum atomic E-state index is 12.8. The van der Waals surface area contributed by atoms with Gasteiger partial charge < -0.3 is 19.8 Å². The van der Waals surface area contributed by atoms with Crippen molar-refractivity contribution in [2.45, 2.75) is 11.8 Å². The Morgan fingerprint density at radius 3 is 2.33 bits per heavy atom. The molecule has 0 aliphatic carbocycles. The third-order valence-electron chi connectivity index (χ3n) is 4.11. The monoisotopic (exact) mass is 393 g/mol. The van der Waals surface area contributed by atoms with Crippen LogP contribution in [0, 0.1) is 6.92 Å². The summed E-state index contributed by atoms with van der Waals surface area (Å²) in [6, 6.07) is 2.48. The molecule has 0 saturated carbocycles. The van der Waals surface area contributed by atoms with Crippen LogP contribution in [0.25, 0.3) is 11.3 Å². The zero-order chi connectivity index (χ0) is 20.1. The van der Waals surface area contributed by atoms with Gasteiger partial charge in [0.05, 0.1) is 11.1 Å². The fourth-order valence-corrected chi connectivity index (χ4v) is 3.65. The molecule has 2 aromatic heterocycles. The van der Waals surface area contributed by atoms with Gasteiger partial charge in [0, 0.05) is 24.4 Å². The highest BCUT2D eigenvalue weighted by atomic mass is 32.2. The van der Waals surface area contributed by atoms with Crippen LogP contribution in [0.1, 0.15) is 21.5 Å². The number of aromatic nitrogens is 3. The second-order valence-electron chi connectivity index (χ2n) is 5.90. The second-order valence-corrected chi connectivity index (χ2v) is 7.89. The molecule has 0 unspecified atom stereocenters. The molecule has 0 bridgehead atoms. The Bertz CT molecular complexity index is 1180. The van der Waals surface area contributed by atoms with Crippen LogP contribution in [0.4, 0.5) is 0 Å². The summed E-state index contributed by atoms with van der Waals surface area (Å²) in [6.45, 7) is 1.45. The van der Waals surface area contributed by atoms with Gasteiger partial charge in [-0.2, -0.15) is 5.10 Å². The van der Waals surface area contributed by atoms with E-state index in [9.17, 15) is 28.5 Å². The van der Waals surface area contributed by atoms with Crippen LogP contribution in [-0.4, -0.2) is 50.7 Å². The molecule has 0 atom stereocenters. The van der Waals surface area contributed by atoms with Crippen LogP contribution in [0.2, 0.25) is 0 Å². The number of aryl methyl sites for hydroxylation is 1. The largest absolute Gasteiger partial charge is 0.500 e. The maximum absolute atomic E-state index is 12.8. The molecule has 0 aliphatic rings. The number of nitrogens with zero attached hydrogens (tertiary/aromatic N) is 3. The molecule has 2 heterocycles. The first-order chi connectivity index (χ1) is 12.5. The number of carbonyl (C=O) groups excluding carboxylic acids is 1. The molecule has 0 spiro atoms. The summed E-state index contributed by atoms with van der Waals surface area (Å²) in [4.78, 5) is 12.6. The van der Waals surface area contributed by atoms with Gasteiger partial charge in [-0.3, -0.25) is 4.79 Å². The third-order valence-corrected chi connectivity index (χ3v) is 5.25. The van der Waals surface area contributed by atoms with Crippen LogP contribution in [0.5, 0.6) is 17.6 Å². The van der Waals surface area contributed by atoms with Gasteiger partial charge >= 0.3 is 5.95 Å². The van der Waals surface area contributed by atoms with Crippen molar-refractivity contribution in [2.75, 3.05) is 6.26 Å². The smallest absolute Gasteiger partial charge is 0.352 e. The molecular formula is C16H15N3O7S. The predicted octanol–water partition coefficient (Wildman–Crippen LogP) is 1.13. The Balaban J connectivity index is 2.31. The number of sulfone groups is 1. The Hall–Kier alpha value is -3.34. The van der Waals surface area contributed by atoms with E-state index in [2.05, 4.69) is 14.8 Å². The van der Waals surface area contributed by atoms with E-state index in [1.807, 2.05) is 0 Å². The first-order valence-electron chi connectivity index (χ1n) is 7.51. The molecule has 0 fully saturated rings. The first kappa shape index (κ1) is 18.5. The minimum absolute atomic E-state index is 0.0580. The fraction of sp³-hybridized carbons (Fsp3) is 0.188. The van der Waals surface area contributed by atoms with Gasteiger partial charge in [-0.25, -0.2) is 13.1 Å². The van der Waals surface area contributed by atoms with Crippen molar-refractivity contribution >= 4 is 15.6 Å². The van der Waals surface area contributed by atoms with Gasteiger partial charge in [-0.05, 0) is 24.6 Å². The van der Waals surface area contributed by atoms with Crippen molar-refractivity contribution in [3.63, 3.8) is 0 Å². The van der Waals surface area contributed by atoms with Crippen molar-refractivity contribution in [1.29, 1.82) is 0 Å². The van der Waals surface area contributed by atoms with Gasteiger partial charge in [-0.15, -0.1) is 0 Å². The minimum Gasteiger partial charge on any atom is -0.500 e. The number of rotatable bonds is 4. The van der Waals surface area contributed by atoms with E-state index < -0.39 is 27.3 Å². The number of ketones is 1. The number of benzene rings is 1. The molecule has 27 heavy (non-hydrogen) atoms. The Morgan fingerprint density at radius 2 is 1.85 bits per heavy atom. The van der Waals surface area contributed by atoms with E-state index in [4.69, 9.17) is 0 Å². The first-order valence-corrected chi connectivity index (χ1v) is 9.40. The van der Waals surface area contributed by atoms with Crippen molar-refractivity contribution in [1.82, 2.24) is 14.9 Å². The highest BCUT2D eigenvalue weighted by molar-refractivity contribution is 7.90. The zero-order valence-electron chi connectivity index (χ0n) is 14.5. The molecule has 3 aromatic rings. The molecule has 10 nitrogen and oxygen atoms in total. The van der Waals surface area contributed by atoms with E-state index in [0.29, 0.717) is 0 Å². The third kappa shape index (κ3) is 2.91. The summed E-state index contributed by atoms with van der Waals surface area (Å²) >= 11 is 0. The number of aromatic hydroxyl groups is 3. The summed E-state index contributed by atoms with van der Waals surface area (Å²) in [6.07, 6.45) is 2.14. The van der Waals surface area contributed by atoms with Crippen molar-refractivity contribution < 1.29 is 33.1 Å². The average Bonchev–Trinajstić information content (AvgIpc) is 3.09. The molecule has 3 N–H and O–H groups in total. The highest BCUT2D eigenvalue weighted by Gasteiger charge is 2.28. The van der Waals surface area contributed by atoms with Crippen molar-refractivity contribution in [3.05, 3.63) is 35.0 Å². The molecule has 0 aliphatic heterocycles. The van der Waals surface area contributed by atoms with Crippen molar-refractivity contribution in [2.24, 2.45) is 7.05 Å². The Labute approximate surface area is 153 Å². The lowest BCUT2D eigenvalue weighted by atomic mass is 9.95. The zero-order valence-corrected chi connectivity index (χ0v) is 15.3. The van der Waals surface area contributed by atoms with Gasteiger partial charge in [-0.1, -0.05) is 5.16 Å². The van der Waals surface area contributed by atoms with E-state index >= 15 is 0 Å². The van der Waals surface area contributed by atoms with Gasteiger partial charge in [0.1, 0.15) is 5.56 Å². The van der Waals surface area contributed by atoms with Crippen LogP contribution < -0.4 is 0 Å². The topological polar surface area (TPSA) is 156 Å². The van der Waals surface area contributed by atoms with Gasteiger partial charge in [0.15, 0.2) is 21.3 Å². The number of carbonyl (C=O) groups is 1. The highest BCUT2D eigenvalue weighted by Crippen LogP contribution is 2.41. The lowest BCUT2D eigenvalue weighted by molar-refractivity contribution is 0.103. The molecule has 11 heteroatoms. The molecule has 142 valence electrons. The average molecular weight is 393 g/mol. The standard InChI is InChI=1S/C16H15N3O7S/c1-7-8(13(20)9-6-17-19(2)15(9)22)4-5-10(27(3,24)25)11(7)12-14(21)16(23)26-18-12/h4-6,21-23H,1-3H3. The normalized spacial score (nSPS) is 11.7.